The number of quaternary nitrogens is 1. The van der Waals surface area contributed by atoms with E-state index in [1.807, 2.05) is 19.9 Å². The Morgan fingerprint density at radius 1 is 1.09 bits per heavy atom. The zero-order valence-corrected chi connectivity index (χ0v) is 23.4. The molecule has 1 aliphatic heterocycles. The van der Waals surface area contributed by atoms with E-state index in [2.05, 4.69) is 59.5 Å². The van der Waals surface area contributed by atoms with Gasteiger partial charge in [-0.1, -0.05) is 43.6 Å². The summed E-state index contributed by atoms with van der Waals surface area (Å²) in [6.07, 6.45) is 12.8. The molecule has 192 valence electrons. The van der Waals surface area contributed by atoms with Crippen molar-refractivity contribution in [3.8, 4) is 11.5 Å². The molecule has 4 N–H and O–H groups in total. The van der Waals surface area contributed by atoms with Crippen LogP contribution in [0.1, 0.15) is 122 Å². The molecule has 0 saturated carbocycles. The van der Waals surface area contributed by atoms with Crippen LogP contribution in [0.2, 0.25) is 0 Å². The van der Waals surface area contributed by atoms with Crippen molar-refractivity contribution in [2.75, 3.05) is 0 Å². The molecule has 0 bridgehead atoms. The Morgan fingerprint density at radius 3 is 2.21 bits per heavy atom. The molecule has 0 spiro atoms. The summed E-state index contributed by atoms with van der Waals surface area (Å²) in [5.41, 5.74) is 6.07. The molecular formula is C31H52NO2+. The van der Waals surface area contributed by atoms with E-state index in [1.54, 1.807) is 0 Å². The van der Waals surface area contributed by atoms with Gasteiger partial charge in [-0.2, -0.15) is 0 Å². The molecule has 0 radical (unpaired) electrons. The number of aromatic hydroxyl groups is 2. The number of allylic oxidation sites excluding steroid dienone is 3. The zero-order chi connectivity index (χ0) is 25.7. The summed E-state index contributed by atoms with van der Waals surface area (Å²) in [5, 5.41) is 24.0. The van der Waals surface area contributed by atoms with Crippen LogP contribution in [0, 0.1) is 12.8 Å². The Hall–Kier alpha value is -1.74. The Balaban J connectivity index is 0.000000340. The van der Waals surface area contributed by atoms with Crippen LogP contribution in [0.25, 0.3) is 0 Å². The topological polar surface area (TPSA) is 57.1 Å². The lowest BCUT2D eigenvalue weighted by atomic mass is 9.73. The fourth-order valence-electron chi connectivity index (χ4n) is 6.09. The maximum absolute atomic E-state index is 10.8. The third-order valence-corrected chi connectivity index (χ3v) is 7.87. The van der Waals surface area contributed by atoms with Crippen LogP contribution in [0.4, 0.5) is 0 Å². The molecule has 0 amide bonds. The second-order valence-electron chi connectivity index (χ2n) is 12.4. The number of aryl methyl sites for hydroxylation is 1. The first-order valence-electron chi connectivity index (χ1n) is 13.5. The van der Waals surface area contributed by atoms with E-state index in [0.717, 1.165) is 42.4 Å². The van der Waals surface area contributed by atoms with Crippen molar-refractivity contribution in [1.82, 2.24) is 0 Å². The van der Waals surface area contributed by atoms with E-state index < -0.39 is 0 Å². The van der Waals surface area contributed by atoms with E-state index in [1.165, 1.54) is 37.7 Å². The molecule has 1 aromatic rings. The fraction of sp³-hybridized carbons (Fsp3) is 0.677. The smallest absolute Gasteiger partial charge is 0.126 e. The maximum Gasteiger partial charge on any atom is 0.126 e. The van der Waals surface area contributed by atoms with Crippen molar-refractivity contribution in [2.45, 2.75) is 130 Å². The quantitative estimate of drug-likeness (QED) is 0.299. The number of piperidine rings is 1. The van der Waals surface area contributed by atoms with Crippen LogP contribution in [0.3, 0.4) is 0 Å². The third-order valence-electron chi connectivity index (χ3n) is 7.87. The average molecular weight is 471 g/mol. The standard InChI is InChI=1S/C22H32O2.C9H19N/c1-6-7-8-9-17-13-20(23)21(22(24)16(17)5)19-12-15(4)10-11-18(19)14(2)3;1-8(2)6-5-7-9(3,4)10-8/h12-13,18-19,23-24H,2,6-11H2,1,3-5H3;10H,5-7H2,1-4H3/p+1/t18-,19+;/m0./s1. The maximum atomic E-state index is 10.8. The summed E-state index contributed by atoms with van der Waals surface area (Å²) in [5.74, 6) is 0.783. The van der Waals surface area contributed by atoms with Gasteiger partial charge in [-0.3, -0.25) is 0 Å². The van der Waals surface area contributed by atoms with Crippen molar-refractivity contribution in [2.24, 2.45) is 5.92 Å². The molecule has 2 aliphatic rings. The molecule has 1 aromatic carbocycles. The Kier molecular flexibility index (Phi) is 9.89. The van der Waals surface area contributed by atoms with Crippen molar-refractivity contribution < 1.29 is 15.5 Å². The lowest BCUT2D eigenvalue weighted by Crippen LogP contribution is -3.04. The van der Waals surface area contributed by atoms with Gasteiger partial charge in [-0.15, -0.1) is 0 Å². The van der Waals surface area contributed by atoms with Crippen molar-refractivity contribution in [3.63, 3.8) is 0 Å². The fourth-order valence-corrected chi connectivity index (χ4v) is 6.09. The minimum absolute atomic E-state index is 0.0136. The zero-order valence-electron chi connectivity index (χ0n) is 23.4. The molecule has 1 aliphatic carbocycles. The van der Waals surface area contributed by atoms with Gasteiger partial charge in [0, 0.05) is 24.3 Å². The van der Waals surface area contributed by atoms with Gasteiger partial charge < -0.3 is 15.5 Å². The summed E-state index contributed by atoms with van der Waals surface area (Å²) in [4.78, 5) is 0. The molecule has 3 heteroatoms. The predicted octanol–water partition coefficient (Wildman–Crippen LogP) is 7.45. The summed E-state index contributed by atoms with van der Waals surface area (Å²) in [6.45, 7) is 21.8. The minimum Gasteiger partial charge on any atom is -0.507 e. The molecule has 34 heavy (non-hydrogen) atoms. The van der Waals surface area contributed by atoms with E-state index in [-0.39, 0.29) is 23.3 Å². The van der Waals surface area contributed by atoms with Gasteiger partial charge in [-0.25, -0.2) is 0 Å². The van der Waals surface area contributed by atoms with Gasteiger partial charge in [0.25, 0.3) is 0 Å². The number of rotatable bonds is 6. The SMILES string of the molecule is C=C(C)[C@@H]1CCC(C)=C[C@H]1c1c(O)cc(CCCCC)c(C)c1O.CC1(C)CCCC(C)(C)[NH2+]1. The Labute approximate surface area is 209 Å². The number of phenolic OH excluding ortho intramolecular Hbond substituents is 2. The van der Waals surface area contributed by atoms with Crippen molar-refractivity contribution in [1.29, 1.82) is 0 Å². The monoisotopic (exact) mass is 470 g/mol. The first-order chi connectivity index (χ1) is 15.8. The molecule has 3 nitrogen and oxygen atoms in total. The highest BCUT2D eigenvalue weighted by molar-refractivity contribution is 5.56. The summed E-state index contributed by atoms with van der Waals surface area (Å²) in [6, 6.07) is 1.87. The second kappa shape index (κ2) is 11.8. The number of nitrogens with two attached hydrogens (primary N) is 1. The highest BCUT2D eigenvalue weighted by Gasteiger charge is 2.36. The van der Waals surface area contributed by atoms with Crippen LogP contribution in [-0.4, -0.2) is 21.3 Å². The predicted molar refractivity (Wildman–Crippen MR) is 146 cm³/mol. The van der Waals surface area contributed by atoms with Crippen LogP contribution in [0.5, 0.6) is 11.5 Å². The lowest BCUT2D eigenvalue weighted by Gasteiger charge is -2.38. The molecule has 1 heterocycles. The van der Waals surface area contributed by atoms with Gasteiger partial charge in [0.1, 0.15) is 11.5 Å². The first kappa shape index (κ1) is 28.5. The highest BCUT2D eigenvalue weighted by atomic mass is 16.3. The van der Waals surface area contributed by atoms with Crippen LogP contribution < -0.4 is 5.32 Å². The average Bonchev–Trinajstić information content (AvgIpc) is 2.70. The summed E-state index contributed by atoms with van der Waals surface area (Å²) < 4.78 is 0. The largest absolute Gasteiger partial charge is 0.507 e. The Morgan fingerprint density at radius 2 is 1.71 bits per heavy atom. The van der Waals surface area contributed by atoms with Crippen LogP contribution in [-0.2, 0) is 6.42 Å². The number of phenols is 2. The van der Waals surface area contributed by atoms with Gasteiger partial charge in [0.05, 0.1) is 11.1 Å². The molecule has 1 fully saturated rings. The molecule has 2 atom stereocenters. The van der Waals surface area contributed by atoms with Gasteiger partial charge >= 0.3 is 0 Å². The van der Waals surface area contributed by atoms with Gasteiger partial charge in [0.15, 0.2) is 0 Å². The van der Waals surface area contributed by atoms with Crippen molar-refractivity contribution >= 4 is 0 Å². The normalized spacial score (nSPS) is 23.5. The molecule has 1 saturated heterocycles. The van der Waals surface area contributed by atoms with Crippen molar-refractivity contribution in [3.05, 3.63) is 46.6 Å². The lowest BCUT2D eigenvalue weighted by molar-refractivity contribution is -0.787. The number of benzene rings is 1. The molecular weight excluding hydrogens is 418 g/mol. The molecule has 3 rings (SSSR count). The first-order valence-corrected chi connectivity index (χ1v) is 13.5. The molecule has 0 aromatic heterocycles. The highest BCUT2D eigenvalue weighted by Crippen LogP contribution is 2.47. The summed E-state index contributed by atoms with van der Waals surface area (Å²) >= 11 is 0. The minimum atomic E-state index is 0.0136. The summed E-state index contributed by atoms with van der Waals surface area (Å²) in [7, 11) is 0. The van der Waals surface area contributed by atoms with Gasteiger partial charge in [-0.05, 0) is 104 Å². The van der Waals surface area contributed by atoms with Crippen LogP contribution >= 0.6 is 0 Å². The number of hydrogen-bond acceptors (Lipinski definition) is 2. The van der Waals surface area contributed by atoms with E-state index in [4.69, 9.17) is 0 Å². The van der Waals surface area contributed by atoms with E-state index in [0.29, 0.717) is 16.6 Å². The number of unbranched alkanes of at least 4 members (excludes halogenated alkanes) is 2. The van der Waals surface area contributed by atoms with Gasteiger partial charge in [0.2, 0.25) is 0 Å². The third kappa shape index (κ3) is 7.63. The second-order valence-corrected chi connectivity index (χ2v) is 12.4. The van der Waals surface area contributed by atoms with E-state index >= 15 is 0 Å². The van der Waals surface area contributed by atoms with Crippen LogP contribution in [0.15, 0.2) is 29.9 Å². The molecule has 0 unspecified atom stereocenters. The number of hydrogen-bond donors (Lipinski definition) is 3. The Bertz CT molecular complexity index is 864. The van der Waals surface area contributed by atoms with E-state index in [9.17, 15) is 10.2 Å².